The van der Waals surface area contributed by atoms with Crippen LogP contribution in [0.2, 0.25) is 0 Å². The van der Waals surface area contributed by atoms with Crippen molar-refractivity contribution < 1.29 is 24.5 Å². The van der Waals surface area contributed by atoms with E-state index in [-0.39, 0.29) is 19.2 Å². The van der Waals surface area contributed by atoms with Gasteiger partial charge in [0.25, 0.3) is 0 Å². The third-order valence-electron chi connectivity index (χ3n) is 1.13. The van der Waals surface area contributed by atoms with Gasteiger partial charge in [-0.25, -0.2) is 0 Å². The number of carbonyl (C=O) groups excluding carboxylic acids is 1. The number of hydrogen-bond acceptors (Lipinski definition) is 5. The average molecular weight is 337 g/mol. The van der Waals surface area contributed by atoms with Gasteiger partial charge < -0.3 is 19.7 Å². The molecule has 0 aliphatic rings. The van der Waals surface area contributed by atoms with Gasteiger partial charge in [-0.05, 0) is 33.6 Å². The number of allylic oxidation sites excluding steroid dienone is 2. The van der Waals surface area contributed by atoms with Gasteiger partial charge in [-0.15, -0.1) is 13.2 Å². The van der Waals surface area contributed by atoms with Crippen LogP contribution in [0, 0.1) is 5.92 Å². The molecule has 0 aromatic rings. The normalized spacial score (nSPS) is 7.57. The lowest BCUT2D eigenvalue weighted by molar-refractivity contribution is -0.141. The standard InChI is InChI=1S/C6H12O2.C4H10O.2C3H6.C2H6O2/c1-5(2)4-8-6(3)7;1-3-5-4-2;2*1-3-2;3-1-2-4/h5H,4H2,1-3H3;3-4H2,1-2H3;2*3H,1H2,2H3;3-4H,1-2H2. The van der Waals surface area contributed by atoms with E-state index in [9.17, 15) is 4.79 Å². The first kappa shape index (κ1) is 33.4. The Hall–Kier alpha value is -1.17. The second-order valence-corrected chi connectivity index (χ2v) is 4.24. The molecule has 142 valence electrons. The highest BCUT2D eigenvalue weighted by Gasteiger charge is 1.94. The molecule has 0 atom stereocenters. The Morgan fingerprint density at radius 1 is 1.04 bits per heavy atom. The van der Waals surface area contributed by atoms with Gasteiger partial charge in [-0.3, -0.25) is 4.79 Å². The first-order chi connectivity index (χ1) is 10.8. The van der Waals surface area contributed by atoms with Crippen molar-refractivity contribution in [1.29, 1.82) is 0 Å². The fraction of sp³-hybridized carbons (Fsp3) is 0.722. The summed E-state index contributed by atoms with van der Waals surface area (Å²) in [4.78, 5) is 10.1. The van der Waals surface area contributed by atoms with E-state index in [1.165, 1.54) is 6.92 Å². The van der Waals surface area contributed by atoms with Crippen LogP contribution >= 0.6 is 0 Å². The molecule has 0 heterocycles. The lowest BCUT2D eigenvalue weighted by atomic mass is 10.2. The Balaban J connectivity index is -0.0000000628. The predicted octanol–water partition coefficient (Wildman–Crippen LogP) is 3.60. The van der Waals surface area contributed by atoms with Crippen molar-refractivity contribution in [2.75, 3.05) is 33.0 Å². The largest absolute Gasteiger partial charge is 0.466 e. The molecule has 0 bridgehead atoms. The van der Waals surface area contributed by atoms with Crippen LogP contribution in [0.25, 0.3) is 0 Å². The predicted molar refractivity (Wildman–Crippen MR) is 99.6 cm³/mol. The Kier molecular flexibility index (Phi) is 62.3. The maximum absolute atomic E-state index is 10.1. The molecule has 0 radical (unpaired) electrons. The molecule has 0 aromatic carbocycles. The van der Waals surface area contributed by atoms with Crippen LogP contribution in [0.1, 0.15) is 48.5 Å². The second-order valence-electron chi connectivity index (χ2n) is 4.24. The minimum atomic E-state index is -0.196. The first-order valence-corrected chi connectivity index (χ1v) is 7.86. The van der Waals surface area contributed by atoms with Crippen molar-refractivity contribution in [1.82, 2.24) is 0 Å². The Morgan fingerprint density at radius 2 is 1.35 bits per heavy atom. The highest BCUT2D eigenvalue weighted by molar-refractivity contribution is 5.65. The zero-order valence-electron chi connectivity index (χ0n) is 16.3. The lowest BCUT2D eigenvalue weighted by Gasteiger charge is -2.02. The van der Waals surface area contributed by atoms with E-state index in [4.69, 9.17) is 14.9 Å². The summed E-state index contributed by atoms with van der Waals surface area (Å²) in [6.07, 6.45) is 3.50. The molecule has 0 fully saturated rings. The molecule has 0 aliphatic heterocycles. The summed E-state index contributed by atoms with van der Waals surface area (Å²) in [7, 11) is 0. The van der Waals surface area contributed by atoms with E-state index in [2.05, 4.69) is 17.9 Å². The fourth-order valence-corrected chi connectivity index (χ4v) is 0.488. The molecule has 0 amide bonds. The first-order valence-electron chi connectivity index (χ1n) is 7.86. The maximum Gasteiger partial charge on any atom is 0.302 e. The zero-order chi connectivity index (χ0) is 19.5. The lowest BCUT2D eigenvalue weighted by Crippen LogP contribution is -2.05. The van der Waals surface area contributed by atoms with Gasteiger partial charge in [-0.2, -0.15) is 0 Å². The van der Waals surface area contributed by atoms with Gasteiger partial charge in [0.1, 0.15) is 0 Å². The molecule has 0 saturated carbocycles. The zero-order valence-corrected chi connectivity index (χ0v) is 16.3. The molecular weight excluding hydrogens is 296 g/mol. The van der Waals surface area contributed by atoms with Crippen molar-refractivity contribution >= 4 is 5.97 Å². The fourth-order valence-electron chi connectivity index (χ4n) is 0.488. The third kappa shape index (κ3) is 158. The Labute approximate surface area is 144 Å². The summed E-state index contributed by atoms with van der Waals surface area (Å²) in [5.74, 6) is 0.248. The molecule has 0 rings (SSSR count). The topological polar surface area (TPSA) is 76.0 Å². The van der Waals surface area contributed by atoms with Crippen molar-refractivity contribution in [3.8, 4) is 0 Å². The molecule has 0 saturated heterocycles. The van der Waals surface area contributed by atoms with Crippen LogP contribution in [0.4, 0.5) is 0 Å². The van der Waals surface area contributed by atoms with Gasteiger partial charge >= 0.3 is 5.97 Å². The summed E-state index contributed by atoms with van der Waals surface area (Å²) < 4.78 is 9.50. The number of aliphatic hydroxyl groups is 2. The molecule has 23 heavy (non-hydrogen) atoms. The quantitative estimate of drug-likeness (QED) is 0.592. The van der Waals surface area contributed by atoms with Crippen molar-refractivity contribution in [2.45, 2.75) is 48.5 Å². The average Bonchev–Trinajstić information content (AvgIpc) is 2.48. The third-order valence-corrected chi connectivity index (χ3v) is 1.13. The molecule has 0 unspecified atom stereocenters. The van der Waals surface area contributed by atoms with Crippen molar-refractivity contribution in [2.24, 2.45) is 5.92 Å². The van der Waals surface area contributed by atoms with Crippen LogP contribution in [0.3, 0.4) is 0 Å². The van der Waals surface area contributed by atoms with Crippen LogP contribution in [0.5, 0.6) is 0 Å². The Bertz CT molecular complexity index is 194. The van der Waals surface area contributed by atoms with Crippen molar-refractivity contribution in [3.63, 3.8) is 0 Å². The van der Waals surface area contributed by atoms with Crippen molar-refractivity contribution in [3.05, 3.63) is 25.3 Å². The smallest absolute Gasteiger partial charge is 0.302 e. The van der Waals surface area contributed by atoms with Gasteiger partial charge in [0.2, 0.25) is 0 Å². The van der Waals surface area contributed by atoms with E-state index >= 15 is 0 Å². The molecule has 0 aliphatic carbocycles. The van der Waals surface area contributed by atoms with Crippen LogP contribution in [-0.4, -0.2) is 49.2 Å². The van der Waals surface area contributed by atoms with Gasteiger partial charge in [-0.1, -0.05) is 26.0 Å². The molecule has 0 aromatic heterocycles. The molecule has 2 N–H and O–H groups in total. The second kappa shape index (κ2) is 42.8. The molecule has 0 spiro atoms. The summed E-state index contributed by atoms with van der Waals surface area (Å²) in [5.41, 5.74) is 0. The van der Waals surface area contributed by atoms with Crippen LogP contribution < -0.4 is 0 Å². The summed E-state index contributed by atoms with van der Waals surface area (Å²) >= 11 is 0. The summed E-state index contributed by atoms with van der Waals surface area (Å²) in [5, 5.41) is 15.2. The minimum Gasteiger partial charge on any atom is -0.466 e. The summed E-state index contributed by atoms with van der Waals surface area (Å²) in [6.45, 7) is 21.9. The van der Waals surface area contributed by atoms with E-state index < -0.39 is 0 Å². The highest BCUT2D eigenvalue weighted by atomic mass is 16.5. The number of ether oxygens (including phenoxy) is 2. The van der Waals surface area contributed by atoms with Gasteiger partial charge in [0.05, 0.1) is 19.8 Å². The highest BCUT2D eigenvalue weighted by Crippen LogP contribution is 1.91. The van der Waals surface area contributed by atoms with E-state index in [0.717, 1.165) is 13.2 Å². The van der Waals surface area contributed by atoms with Crippen LogP contribution in [-0.2, 0) is 14.3 Å². The maximum atomic E-state index is 10.1. The number of aliphatic hydroxyl groups excluding tert-OH is 2. The van der Waals surface area contributed by atoms with E-state index in [0.29, 0.717) is 12.5 Å². The van der Waals surface area contributed by atoms with Crippen LogP contribution in [0.15, 0.2) is 25.3 Å². The number of esters is 1. The molecule has 5 nitrogen and oxygen atoms in total. The number of rotatable bonds is 5. The van der Waals surface area contributed by atoms with E-state index in [1.54, 1.807) is 12.2 Å². The molecule has 5 heteroatoms. The number of hydrogen-bond donors (Lipinski definition) is 2. The monoisotopic (exact) mass is 336 g/mol. The Morgan fingerprint density at radius 3 is 1.39 bits per heavy atom. The minimum absolute atomic E-state index is 0.125. The van der Waals surface area contributed by atoms with E-state index in [1.807, 2.05) is 41.5 Å². The van der Waals surface area contributed by atoms with Gasteiger partial charge in [0, 0.05) is 20.1 Å². The SMILES string of the molecule is C=CC.C=CC.CC(=O)OCC(C)C.CCOCC.OCCO. The summed E-state index contributed by atoms with van der Waals surface area (Å²) in [6, 6.07) is 0. The number of carbonyl (C=O) groups is 1. The molecular formula is C18H40O5. The van der Waals surface area contributed by atoms with Gasteiger partial charge in [0.15, 0.2) is 0 Å².